The lowest BCUT2D eigenvalue weighted by atomic mass is 10.1. The Bertz CT molecular complexity index is 361. The molecule has 102 valence electrons. The molecule has 1 aromatic rings. The minimum absolute atomic E-state index is 0.0894. The molecule has 0 aliphatic rings. The van der Waals surface area contributed by atoms with Crippen LogP contribution in [-0.4, -0.2) is 17.8 Å². The number of halogens is 3. The first-order valence-corrected chi connectivity index (χ1v) is 5.93. The third-order valence-corrected chi connectivity index (χ3v) is 2.87. The normalized spacial score (nSPS) is 15.4. The molecule has 1 rings (SSSR count). The van der Waals surface area contributed by atoms with Gasteiger partial charge in [0.25, 0.3) is 0 Å². The van der Waals surface area contributed by atoms with Crippen LogP contribution in [0, 0.1) is 0 Å². The van der Waals surface area contributed by atoms with Crippen LogP contribution < -0.4 is 5.32 Å². The van der Waals surface area contributed by atoms with E-state index in [1.54, 1.807) is 0 Å². The van der Waals surface area contributed by atoms with Crippen molar-refractivity contribution in [2.75, 3.05) is 6.54 Å². The third kappa shape index (κ3) is 4.31. The van der Waals surface area contributed by atoms with Gasteiger partial charge in [0.15, 0.2) is 0 Å². The minimum Gasteiger partial charge on any atom is -0.392 e. The van der Waals surface area contributed by atoms with Crippen LogP contribution in [0.4, 0.5) is 13.2 Å². The van der Waals surface area contributed by atoms with Crippen molar-refractivity contribution in [3.63, 3.8) is 0 Å². The second-order valence-corrected chi connectivity index (χ2v) is 4.31. The van der Waals surface area contributed by atoms with Gasteiger partial charge in [0.1, 0.15) is 0 Å². The zero-order valence-corrected chi connectivity index (χ0v) is 10.5. The predicted molar refractivity (Wildman–Crippen MR) is 64.2 cm³/mol. The van der Waals surface area contributed by atoms with Crippen LogP contribution >= 0.6 is 0 Å². The van der Waals surface area contributed by atoms with Crippen LogP contribution in [0.3, 0.4) is 0 Å². The first-order valence-electron chi connectivity index (χ1n) is 5.93. The van der Waals surface area contributed by atoms with Gasteiger partial charge in [-0.2, -0.15) is 13.2 Å². The highest BCUT2D eigenvalue weighted by atomic mass is 19.4. The zero-order valence-electron chi connectivity index (χ0n) is 10.5. The Morgan fingerprint density at radius 2 is 1.78 bits per heavy atom. The largest absolute Gasteiger partial charge is 0.416 e. The summed E-state index contributed by atoms with van der Waals surface area (Å²) in [5, 5.41) is 12.5. The number of nitrogens with one attached hydrogen (secondary N) is 1. The summed E-state index contributed by atoms with van der Waals surface area (Å²) in [5.74, 6) is 0. The molecule has 0 aromatic heterocycles. The van der Waals surface area contributed by atoms with Crippen LogP contribution in [-0.2, 0) is 6.18 Å². The first-order chi connectivity index (χ1) is 8.34. The molecule has 2 nitrogen and oxygen atoms in total. The molecule has 0 radical (unpaired) electrons. The average molecular weight is 261 g/mol. The molecule has 1 unspecified atom stereocenters. The Labute approximate surface area is 105 Å². The van der Waals surface area contributed by atoms with E-state index in [-0.39, 0.29) is 6.04 Å². The fourth-order valence-corrected chi connectivity index (χ4v) is 1.54. The summed E-state index contributed by atoms with van der Waals surface area (Å²) in [5.41, 5.74) is 0.123. The van der Waals surface area contributed by atoms with Crippen molar-refractivity contribution in [3.8, 4) is 0 Å². The number of alkyl halides is 3. The van der Waals surface area contributed by atoms with Gasteiger partial charge in [0.2, 0.25) is 0 Å². The van der Waals surface area contributed by atoms with Gasteiger partial charge < -0.3 is 10.4 Å². The number of benzene rings is 1. The van der Waals surface area contributed by atoms with Crippen LogP contribution in [0.2, 0.25) is 0 Å². The lowest BCUT2D eigenvalue weighted by molar-refractivity contribution is -0.137. The zero-order chi connectivity index (χ0) is 13.8. The average Bonchev–Trinajstić information content (AvgIpc) is 2.34. The van der Waals surface area contributed by atoms with Crippen molar-refractivity contribution >= 4 is 0 Å². The lowest BCUT2D eigenvalue weighted by Crippen LogP contribution is -2.28. The number of aliphatic hydroxyl groups excluding tert-OH is 1. The Kier molecular flexibility index (Phi) is 5.16. The summed E-state index contributed by atoms with van der Waals surface area (Å²) in [6.45, 7) is 4.15. The summed E-state index contributed by atoms with van der Waals surface area (Å²) < 4.78 is 37.1. The highest BCUT2D eigenvalue weighted by Gasteiger charge is 2.30. The van der Waals surface area contributed by atoms with Gasteiger partial charge in [0, 0.05) is 12.6 Å². The van der Waals surface area contributed by atoms with E-state index in [0.717, 1.165) is 17.7 Å². The van der Waals surface area contributed by atoms with Crippen molar-refractivity contribution in [2.24, 2.45) is 0 Å². The predicted octanol–water partition coefficient (Wildman–Crippen LogP) is 3.13. The summed E-state index contributed by atoms with van der Waals surface area (Å²) in [4.78, 5) is 0. The fraction of sp³-hybridized carbons (Fsp3) is 0.538. The van der Waals surface area contributed by atoms with Crippen molar-refractivity contribution in [1.82, 2.24) is 5.32 Å². The van der Waals surface area contributed by atoms with E-state index in [0.29, 0.717) is 13.0 Å². The van der Waals surface area contributed by atoms with E-state index in [2.05, 4.69) is 5.32 Å². The van der Waals surface area contributed by atoms with E-state index in [9.17, 15) is 18.3 Å². The van der Waals surface area contributed by atoms with E-state index in [1.807, 2.05) is 13.8 Å². The highest BCUT2D eigenvalue weighted by molar-refractivity contribution is 5.26. The van der Waals surface area contributed by atoms with E-state index >= 15 is 0 Å². The fourth-order valence-electron chi connectivity index (χ4n) is 1.54. The Balaban J connectivity index is 2.62. The van der Waals surface area contributed by atoms with Crippen LogP contribution in [0.5, 0.6) is 0 Å². The molecule has 0 spiro atoms. The Morgan fingerprint density at radius 1 is 1.22 bits per heavy atom. The number of rotatable bonds is 5. The van der Waals surface area contributed by atoms with Crippen LogP contribution in [0.15, 0.2) is 24.3 Å². The summed E-state index contributed by atoms with van der Waals surface area (Å²) in [6.07, 6.45) is -4.08. The summed E-state index contributed by atoms with van der Waals surface area (Å²) >= 11 is 0. The maximum Gasteiger partial charge on any atom is 0.416 e. The van der Waals surface area contributed by atoms with Gasteiger partial charge in [-0.05, 0) is 31.0 Å². The van der Waals surface area contributed by atoms with Crippen molar-refractivity contribution in [3.05, 3.63) is 35.4 Å². The Morgan fingerprint density at radius 3 is 2.22 bits per heavy atom. The molecule has 5 heteroatoms. The summed E-state index contributed by atoms with van der Waals surface area (Å²) in [7, 11) is 0. The molecule has 0 amide bonds. The molecule has 1 aromatic carbocycles. The van der Waals surface area contributed by atoms with Gasteiger partial charge in [-0.1, -0.05) is 19.1 Å². The van der Waals surface area contributed by atoms with Gasteiger partial charge in [-0.15, -0.1) is 0 Å². The molecule has 2 N–H and O–H groups in total. The molecule has 2 atom stereocenters. The highest BCUT2D eigenvalue weighted by Crippen LogP contribution is 2.29. The van der Waals surface area contributed by atoms with Gasteiger partial charge in [-0.3, -0.25) is 0 Å². The smallest absolute Gasteiger partial charge is 0.392 e. The third-order valence-electron chi connectivity index (χ3n) is 2.87. The minimum atomic E-state index is -4.30. The van der Waals surface area contributed by atoms with Crippen molar-refractivity contribution < 1.29 is 18.3 Å². The molecular formula is C13H18F3NO. The SMILES string of the molecule is CC[C@@H](O)CNC(C)c1ccc(C(F)(F)F)cc1. The Hall–Kier alpha value is -1.07. The van der Waals surface area contributed by atoms with Crippen LogP contribution in [0.1, 0.15) is 37.4 Å². The molecule has 0 bridgehead atoms. The molecule has 18 heavy (non-hydrogen) atoms. The summed E-state index contributed by atoms with van der Waals surface area (Å²) in [6, 6.07) is 4.97. The molecule has 0 aliphatic carbocycles. The second kappa shape index (κ2) is 6.20. The molecule has 0 heterocycles. The van der Waals surface area contributed by atoms with Gasteiger partial charge in [0.05, 0.1) is 11.7 Å². The standard InChI is InChI=1S/C13H18F3NO/c1-3-12(18)8-17-9(2)10-4-6-11(7-5-10)13(14,15)16/h4-7,9,12,17-18H,3,8H2,1-2H3/t9?,12-/m1/s1. The topological polar surface area (TPSA) is 32.3 Å². The maximum atomic E-state index is 12.4. The van der Waals surface area contributed by atoms with Crippen LogP contribution in [0.25, 0.3) is 0 Å². The molecule has 0 saturated heterocycles. The van der Waals surface area contributed by atoms with E-state index in [4.69, 9.17) is 0 Å². The monoisotopic (exact) mass is 261 g/mol. The van der Waals surface area contributed by atoms with Crippen molar-refractivity contribution in [2.45, 2.75) is 38.6 Å². The van der Waals surface area contributed by atoms with E-state index < -0.39 is 17.8 Å². The number of hydrogen-bond acceptors (Lipinski definition) is 2. The van der Waals surface area contributed by atoms with Gasteiger partial charge in [-0.25, -0.2) is 0 Å². The quantitative estimate of drug-likeness (QED) is 0.853. The first kappa shape index (κ1) is 15.0. The molecule has 0 aliphatic heterocycles. The lowest BCUT2D eigenvalue weighted by Gasteiger charge is -2.17. The van der Waals surface area contributed by atoms with Crippen molar-refractivity contribution in [1.29, 1.82) is 0 Å². The number of hydrogen-bond donors (Lipinski definition) is 2. The molecular weight excluding hydrogens is 243 g/mol. The van der Waals surface area contributed by atoms with E-state index in [1.165, 1.54) is 12.1 Å². The second-order valence-electron chi connectivity index (χ2n) is 4.31. The molecule has 0 saturated carbocycles. The van der Waals surface area contributed by atoms with Gasteiger partial charge >= 0.3 is 6.18 Å². The number of aliphatic hydroxyl groups is 1. The molecule has 0 fully saturated rings. The maximum absolute atomic E-state index is 12.4.